The van der Waals surface area contributed by atoms with E-state index in [4.69, 9.17) is 4.74 Å². The first-order valence-electron chi connectivity index (χ1n) is 7.52. The van der Waals surface area contributed by atoms with Gasteiger partial charge in [0.25, 0.3) is 0 Å². The molecule has 5 nitrogen and oxygen atoms in total. The lowest BCUT2D eigenvalue weighted by molar-refractivity contribution is -0.0409. The van der Waals surface area contributed by atoms with Crippen LogP contribution in [-0.4, -0.2) is 36.5 Å². The maximum Gasteiger partial charge on any atom is 0.339 e. The van der Waals surface area contributed by atoms with E-state index in [9.17, 15) is 9.59 Å². The minimum Gasteiger partial charge on any atom is -0.449 e. The Balaban J connectivity index is 1.83. The molecule has 5 heteroatoms. The van der Waals surface area contributed by atoms with Crippen LogP contribution in [0.25, 0.3) is 0 Å². The second-order valence-electron chi connectivity index (χ2n) is 5.69. The molecule has 0 aromatic heterocycles. The number of hydrogen-bond acceptors (Lipinski definition) is 3. The van der Waals surface area contributed by atoms with Gasteiger partial charge in [0, 0.05) is 18.7 Å². The van der Waals surface area contributed by atoms with E-state index in [2.05, 4.69) is 5.32 Å². The van der Waals surface area contributed by atoms with E-state index in [0.29, 0.717) is 25.2 Å². The minimum atomic E-state index is -0.657. The zero-order chi connectivity index (χ0) is 14.9. The van der Waals surface area contributed by atoms with E-state index in [1.807, 2.05) is 25.1 Å². The molecule has 2 aliphatic heterocycles. The number of piperidine rings is 1. The Morgan fingerprint density at radius 1 is 1.43 bits per heavy atom. The molecule has 21 heavy (non-hydrogen) atoms. The Labute approximate surface area is 124 Å². The highest BCUT2D eigenvalue weighted by Gasteiger charge is 2.48. The molecule has 1 saturated heterocycles. The highest BCUT2D eigenvalue weighted by molar-refractivity contribution is 5.95. The van der Waals surface area contributed by atoms with Crippen LogP contribution in [-0.2, 0) is 10.3 Å². The van der Waals surface area contributed by atoms with Crippen molar-refractivity contribution in [3.05, 3.63) is 35.4 Å². The van der Waals surface area contributed by atoms with Crippen molar-refractivity contribution in [2.75, 3.05) is 19.6 Å². The maximum atomic E-state index is 12.2. The van der Waals surface area contributed by atoms with Crippen molar-refractivity contribution in [1.82, 2.24) is 10.2 Å². The average molecular weight is 288 g/mol. The maximum absolute atomic E-state index is 12.2. The predicted octanol–water partition coefficient (Wildman–Crippen LogP) is 2.27. The largest absolute Gasteiger partial charge is 0.449 e. The number of rotatable bonds is 2. The van der Waals surface area contributed by atoms with Crippen molar-refractivity contribution < 1.29 is 14.3 Å². The third kappa shape index (κ3) is 2.37. The summed E-state index contributed by atoms with van der Waals surface area (Å²) in [6.45, 7) is 3.83. The number of nitrogens with one attached hydrogen (secondary N) is 1. The molecule has 0 saturated carbocycles. The molecule has 2 amide bonds. The molecule has 1 unspecified atom stereocenters. The molecule has 1 atom stereocenters. The van der Waals surface area contributed by atoms with Crippen LogP contribution >= 0.6 is 0 Å². The van der Waals surface area contributed by atoms with E-state index in [0.717, 1.165) is 24.8 Å². The lowest BCUT2D eigenvalue weighted by Gasteiger charge is -2.39. The van der Waals surface area contributed by atoms with E-state index in [1.165, 1.54) is 0 Å². The van der Waals surface area contributed by atoms with E-state index < -0.39 is 5.60 Å². The highest BCUT2D eigenvalue weighted by atomic mass is 16.6. The van der Waals surface area contributed by atoms with Crippen LogP contribution in [0.4, 0.5) is 4.79 Å². The number of esters is 1. The number of amides is 2. The zero-order valence-corrected chi connectivity index (χ0v) is 12.2. The predicted molar refractivity (Wildman–Crippen MR) is 78.0 cm³/mol. The summed E-state index contributed by atoms with van der Waals surface area (Å²) in [6.07, 6.45) is 2.51. The molecule has 2 aliphatic rings. The fourth-order valence-corrected chi connectivity index (χ4v) is 3.19. The molecule has 0 aliphatic carbocycles. The van der Waals surface area contributed by atoms with Crippen molar-refractivity contribution in [3.8, 4) is 0 Å². The first-order valence-corrected chi connectivity index (χ1v) is 7.52. The van der Waals surface area contributed by atoms with Crippen molar-refractivity contribution in [2.24, 2.45) is 0 Å². The van der Waals surface area contributed by atoms with E-state index >= 15 is 0 Å². The zero-order valence-electron chi connectivity index (χ0n) is 12.2. The van der Waals surface area contributed by atoms with Gasteiger partial charge in [-0.1, -0.05) is 25.1 Å². The van der Waals surface area contributed by atoms with Crippen LogP contribution in [0.3, 0.4) is 0 Å². The molecule has 1 fully saturated rings. The van der Waals surface area contributed by atoms with Crippen LogP contribution in [0.2, 0.25) is 0 Å². The third-order valence-electron chi connectivity index (χ3n) is 4.19. The average Bonchev–Trinajstić information content (AvgIpc) is 2.78. The van der Waals surface area contributed by atoms with Gasteiger partial charge >= 0.3 is 12.0 Å². The smallest absolute Gasteiger partial charge is 0.339 e. The molecule has 0 bridgehead atoms. The molecule has 0 radical (unpaired) electrons. The van der Waals surface area contributed by atoms with Crippen molar-refractivity contribution in [1.29, 1.82) is 0 Å². The summed E-state index contributed by atoms with van der Waals surface area (Å²) < 4.78 is 5.68. The number of hydrogen-bond donors (Lipinski definition) is 1. The number of benzene rings is 1. The van der Waals surface area contributed by atoms with Crippen LogP contribution in [0.1, 0.15) is 42.1 Å². The molecule has 1 spiro atoms. The van der Waals surface area contributed by atoms with Gasteiger partial charge in [0.1, 0.15) is 0 Å². The number of carbonyl (C=O) groups excluding carboxylic acids is 2. The molecule has 1 aromatic carbocycles. The summed E-state index contributed by atoms with van der Waals surface area (Å²) >= 11 is 0. The summed E-state index contributed by atoms with van der Waals surface area (Å²) in [5, 5.41) is 2.89. The topological polar surface area (TPSA) is 58.6 Å². The summed E-state index contributed by atoms with van der Waals surface area (Å²) in [7, 11) is 0. The van der Waals surface area contributed by atoms with Gasteiger partial charge in [0.05, 0.1) is 12.1 Å². The molecule has 1 aromatic rings. The number of likely N-dealkylation sites (tertiary alicyclic amines) is 1. The standard InChI is InChI=1S/C16H20N2O3/c1-2-9-17-15(20)18-10-5-8-16(11-18)13-7-4-3-6-12(13)14(19)21-16/h3-4,6-7H,2,5,8-11H2,1H3,(H,17,20). The van der Waals surface area contributed by atoms with Gasteiger partial charge < -0.3 is 15.0 Å². The normalized spacial score (nSPS) is 23.9. The van der Waals surface area contributed by atoms with Gasteiger partial charge in [-0.05, 0) is 25.3 Å². The van der Waals surface area contributed by atoms with Gasteiger partial charge in [-0.2, -0.15) is 0 Å². The fourth-order valence-electron chi connectivity index (χ4n) is 3.19. The Morgan fingerprint density at radius 3 is 3.05 bits per heavy atom. The molecule has 1 N–H and O–H groups in total. The van der Waals surface area contributed by atoms with Crippen molar-refractivity contribution >= 4 is 12.0 Å². The van der Waals surface area contributed by atoms with E-state index in [1.54, 1.807) is 11.0 Å². The van der Waals surface area contributed by atoms with Gasteiger partial charge in [-0.25, -0.2) is 9.59 Å². The van der Waals surface area contributed by atoms with Gasteiger partial charge in [0.15, 0.2) is 5.60 Å². The molecular weight excluding hydrogens is 268 g/mol. The number of urea groups is 1. The lowest BCUT2D eigenvalue weighted by Crippen LogP contribution is -2.51. The Bertz CT molecular complexity index is 572. The van der Waals surface area contributed by atoms with Gasteiger partial charge in [0.2, 0.25) is 0 Å². The second kappa shape index (κ2) is 5.39. The number of ether oxygens (including phenoxy) is 1. The summed E-state index contributed by atoms with van der Waals surface area (Å²) in [6, 6.07) is 7.42. The van der Waals surface area contributed by atoms with Gasteiger partial charge in [-0.3, -0.25) is 0 Å². The Morgan fingerprint density at radius 2 is 2.24 bits per heavy atom. The first kappa shape index (κ1) is 13.9. The summed E-state index contributed by atoms with van der Waals surface area (Å²) in [5.41, 5.74) is 0.895. The number of carbonyl (C=O) groups is 2. The van der Waals surface area contributed by atoms with Crippen molar-refractivity contribution in [3.63, 3.8) is 0 Å². The lowest BCUT2D eigenvalue weighted by atomic mass is 9.85. The van der Waals surface area contributed by atoms with Crippen LogP contribution in [0.15, 0.2) is 24.3 Å². The van der Waals surface area contributed by atoms with Gasteiger partial charge in [-0.15, -0.1) is 0 Å². The summed E-state index contributed by atoms with van der Waals surface area (Å²) in [5.74, 6) is -0.276. The highest BCUT2D eigenvalue weighted by Crippen LogP contribution is 2.42. The van der Waals surface area contributed by atoms with Crippen LogP contribution in [0.5, 0.6) is 0 Å². The SMILES string of the molecule is CCCNC(=O)N1CCCC2(C1)OC(=O)c1ccccc12. The number of fused-ring (bicyclic) bond motifs is 2. The number of nitrogens with zero attached hydrogens (tertiary/aromatic N) is 1. The Hall–Kier alpha value is -2.04. The summed E-state index contributed by atoms with van der Waals surface area (Å²) in [4.78, 5) is 26.0. The second-order valence-corrected chi connectivity index (χ2v) is 5.69. The molecule has 2 heterocycles. The molecular formula is C16H20N2O3. The first-order chi connectivity index (χ1) is 10.2. The molecule has 3 rings (SSSR count). The van der Waals surface area contributed by atoms with Crippen molar-refractivity contribution in [2.45, 2.75) is 31.8 Å². The van der Waals surface area contributed by atoms with Crippen LogP contribution in [0, 0.1) is 0 Å². The quantitative estimate of drug-likeness (QED) is 0.849. The fraction of sp³-hybridized carbons (Fsp3) is 0.500. The minimum absolute atomic E-state index is 0.0728. The molecule has 112 valence electrons. The van der Waals surface area contributed by atoms with E-state index in [-0.39, 0.29) is 12.0 Å². The third-order valence-corrected chi connectivity index (χ3v) is 4.19. The van der Waals surface area contributed by atoms with Crippen LogP contribution < -0.4 is 5.32 Å². The monoisotopic (exact) mass is 288 g/mol. The Kier molecular flexibility index (Phi) is 3.57.